The van der Waals surface area contributed by atoms with Gasteiger partial charge in [0.25, 0.3) is 5.91 Å². The molecule has 0 aromatic heterocycles. The molecule has 1 amide bonds. The molecule has 130 valence electrons. The van der Waals surface area contributed by atoms with E-state index in [0.717, 1.165) is 0 Å². The number of aliphatic hydroxyl groups excluding tert-OH is 1. The number of aliphatic carboxylic acids is 1. The first-order chi connectivity index (χ1) is 10.5. The third-order valence-corrected chi connectivity index (χ3v) is 4.37. The van der Waals surface area contributed by atoms with E-state index < -0.39 is 53.0 Å². The molecule has 1 aliphatic carbocycles. The molecule has 1 heterocycles. The lowest BCUT2D eigenvalue weighted by Gasteiger charge is -2.33. The number of rotatable bonds is 5. The number of hydrogen-bond acceptors (Lipinski definition) is 5. The number of halogens is 1. The molecule has 0 aromatic carbocycles. The van der Waals surface area contributed by atoms with Gasteiger partial charge in [-0.05, 0) is 18.3 Å². The Morgan fingerprint density at radius 2 is 1.87 bits per heavy atom. The average Bonchev–Trinajstić information content (AvgIpc) is 3.04. The second kappa shape index (κ2) is 5.83. The highest BCUT2D eigenvalue weighted by atomic mass is 19.1. The molecule has 0 bridgehead atoms. The Balaban J connectivity index is 2.14. The molecule has 0 radical (unpaired) electrons. The first-order valence-electron chi connectivity index (χ1n) is 7.66. The fourth-order valence-corrected chi connectivity index (χ4v) is 2.71. The van der Waals surface area contributed by atoms with Crippen molar-refractivity contribution in [3.63, 3.8) is 0 Å². The van der Waals surface area contributed by atoms with Crippen molar-refractivity contribution in [2.24, 2.45) is 5.41 Å². The van der Waals surface area contributed by atoms with Gasteiger partial charge in [-0.3, -0.25) is 19.7 Å². The summed E-state index contributed by atoms with van der Waals surface area (Å²) in [7, 11) is 0. The maximum Gasteiger partial charge on any atom is 0.320 e. The Labute approximate surface area is 133 Å². The lowest BCUT2D eigenvalue weighted by atomic mass is 9.81. The number of alkyl halides is 1. The smallest absolute Gasteiger partial charge is 0.320 e. The minimum atomic E-state index is -1.91. The average molecular weight is 330 g/mol. The van der Waals surface area contributed by atoms with Crippen molar-refractivity contribution in [2.45, 2.75) is 69.9 Å². The van der Waals surface area contributed by atoms with E-state index in [2.05, 4.69) is 10.6 Å². The van der Waals surface area contributed by atoms with Crippen LogP contribution in [0.5, 0.6) is 0 Å². The van der Waals surface area contributed by atoms with Crippen molar-refractivity contribution in [2.75, 3.05) is 0 Å². The molecule has 7 nitrogen and oxygen atoms in total. The normalized spacial score (nSPS) is 30.6. The van der Waals surface area contributed by atoms with Crippen LogP contribution in [0.25, 0.3) is 0 Å². The quantitative estimate of drug-likeness (QED) is 0.553. The zero-order chi connectivity index (χ0) is 17.6. The number of aliphatic hydroxyl groups is 1. The summed E-state index contributed by atoms with van der Waals surface area (Å²) < 4.78 is 13.9. The lowest BCUT2D eigenvalue weighted by molar-refractivity contribution is -0.139. The summed E-state index contributed by atoms with van der Waals surface area (Å²) in [5, 5.41) is 24.0. The van der Waals surface area contributed by atoms with Crippen molar-refractivity contribution >= 4 is 17.7 Å². The summed E-state index contributed by atoms with van der Waals surface area (Å²) in [4.78, 5) is 35.6. The van der Waals surface area contributed by atoms with E-state index >= 15 is 0 Å². The molecule has 1 aliphatic heterocycles. The van der Waals surface area contributed by atoms with E-state index in [1.807, 2.05) is 0 Å². The predicted octanol–water partition coefficient (Wildman–Crippen LogP) is -0.235. The number of ketones is 1. The molecule has 2 fully saturated rings. The molecule has 0 aromatic rings. The molecule has 2 unspecified atom stereocenters. The topological polar surface area (TPSA) is 116 Å². The van der Waals surface area contributed by atoms with Gasteiger partial charge in [0.15, 0.2) is 11.5 Å². The van der Waals surface area contributed by atoms with E-state index in [4.69, 9.17) is 5.11 Å². The van der Waals surface area contributed by atoms with Crippen LogP contribution in [0, 0.1) is 5.41 Å². The molecule has 1 saturated heterocycles. The van der Waals surface area contributed by atoms with Crippen molar-refractivity contribution in [1.82, 2.24) is 10.6 Å². The highest BCUT2D eigenvalue weighted by Gasteiger charge is 2.53. The van der Waals surface area contributed by atoms with Crippen LogP contribution in [-0.2, 0) is 14.4 Å². The Bertz CT molecular complexity index is 526. The maximum atomic E-state index is 13.9. The first kappa shape index (κ1) is 17.8. The number of hydrogen-bond donors (Lipinski definition) is 4. The van der Waals surface area contributed by atoms with Gasteiger partial charge in [-0.2, -0.15) is 0 Å². The number of nitrogens with one attached hydrogen (secondary N) is 2. The van der Waals surface area contributed by atoms with Crippen LogP contribution in [0.3, 0.4) is 0 Å². The third kappa shape index (κ3) is 3.69. The van der Waals surface area contributed by atoms with E-state index in [9.17, 15) is 23.9 Å². The lowest BCUT2D eigenvalue weighted by Crippen LogP contribution is -2.58. The molecular formula is C15H23FN2O5. The number of carboxylic acids is 1. The zero-order valence-electron chi connectivity index (χ0n) is 13.4. The molecule has 8 heteroatoms. The largest absolute Gasteiger partial charge is 0.480 e. The van der Waals surface area contributed by atoms with Crippen LogP contribution >= 0.6 is 0 Å². The summed E-state index contributed by atoms with van der Waals surface area (Å²) in [6, 6.07) is -3.15. The molecule has 23 heavy (non-hydrogen) atoms. The number of amides is 1. The summed E-state index contributed by atoms with van der Waals surface area (Å²) in [5.74, 6) is -2.52. The molecule has 4 atom stereocenters. The van der Waals surface area contributed by atoms with Crippen molar-refractivity contribution in [3.05, 3.63) is 0 Å². The van der Waals surface area contributed by atoms with Crippen LogP contribution in [0.1, 0.15) is 40.0 Å². The van der Waals surface area contributed by atoms with Gasteiger partial charge in [-0.25, -0.2) is 4.39 Å². The predicted molar refractivity (Wildman–Crippen MR) is 78.4 cm³/mol. The third-order valence-electron chi connectivity index (χ3n) is 4.37. The zero-order valence-corrected chi connectivity index (χ0v) is 13.4. The fourth-order valence-electron chi connectivity index (χ4n) is 2.71. The van der Waals surface area contributed by atoms with Crippen LogP contribution in [-0.4, -0.2) is 57.8 Å². The Morgan fingerprint density at radius 3 is 2.26 bits per heavy atom. The van der Waals surface area contributed by atoms with Crippen molar-refractivity contribution in [1.29, 1.82) is 0 Å². The molecule has 2 aliphatic rings. The SMILES string of the molecule is CC(C)(C)C(NC(=O)C1(F)CC1)C(=O)C1N[C@H](C(=O)O)C[C@H]1O. The minimum Gasteiger partial charge on any atom is -0.480 e. The molecule has 1 saturated carbocycles. The number of carbonyl (C=O) groups is 3. The molecule has 4 N–H and O–H groups in total. The Kier molecular flexibility index (Phi) is 4.51. The van der Waals surface area contributed by atoms with E-state index in [-0.39, 0.29) is 19.3 Å². The monoisotopic (exact) mass is 330 g/mol. The van der Waals surface area contributed by atoms with Gasteiger partial charge in [0.1, 0.15) is 6.04 Å². The van der Waals surface area contributed by atoms with Gasteiger partial charge < -0.3 is 15.5 Å². The van der Waals surface area contributed by atoms with Gasteiger partial charge in [0.05, 0.1) is 18.2 Å². The van der Waals surface area contributed by atoms with Gasteiger partial charge >= 0.3 is 5.97 Å². The Morgan fingerprint density at radius 1 is 1.30 bits per heavy atom. The highest BCUT2D eigenvalue weighted by molar-refractivity contribution is 5.97. The summed E-state index contributed by atoms with van der Waals surface area (Å²) in [6.07, 6.45) is -0.987. The van der Waals surface area contributed by atoms with Crippen LogP contribution < -0.4 is 10.6 Å². The summed E-state index contributed by atoms with van der Waals surface area (Å²) in [5.41, 5.74) is -2.62. The second-order valence-corrected chi connectivity index (χ2v) is 7.48. The Hall–Kier alpha value is -1.54. The fraction of sp³-hybridized carbons (Fsp3) is 0.800. The van der Waals surface area contributed by atoms with E-state index in [0.29, 0.717) is 0 Å². The van der Waals surface area contributed by atoms with Crippen LogP contribution in [0.4, 0.5) is 4.39 Å². The summed E-state index contributed by atoms with van der Waals surface area (Å²) in [6.45, 7) is 5.14. The van der Waals surface area contributed by atoms with Gasteiger partial charge in [0.2, 0.25) is 0 Å². The number of carboxylic acid groups (broad SMARTS) is 1. The van der Waals surface area contributed by atoms with Gasteiger partial charge in [-0.1, -0.05) is 20.8 Å². The maximum absolute atomic E-state index is 13.9. The standard InChI is InChI=1S/C15H23FN2O5/c1-14(2,3)11(18-13(23)15(16)4-5-15)10(20)9-8(19)6-7(17-9)12(21)22/h7-9,11,17,19H,4-6H2,1-3H3,(H,18,23)(H,21,22)/t7-,8+,9?,11?/m0/s1. The highest BCUT2D eigenvalue weighted by Crippen LogP contribution is 2.40. The van der Waals surface area contributed by atoms with Gasteiger partial charge in [-0.15, -0.1) is 0 Å². The van der Waals surface area contributed by atoms with Crippen molar-refractivity contribution < 1.29 is 29.0 Å². The minimum absolute atomic E-state index is 0.0937. The molecule has 0 spiro atoms. The molecule has 2 rings (SSSR count). The van der Waals surface area contributed by atoms with E-state index in [1.165, 1.54) is 0 Å². The molecular weight excluding hydrogens is 307 g/mol. The summed E-state index contributed by atoms with van der Waals surface area (Å²) >= 11 is 0. The van der Waals surface area contributed by atoms with Crippen LogP contribution in [0.2, 0.25) is 0 Å². The second-order valence-electron chi connectivity index (χ2n) is 7.48. The van der Waals surface area contributed by atoms with Crippen LogP contribution in [0.15, 0.2) is 0 Å². The van der Waals surface area contributed by atoms with Crippen molar-refractivity contribution in [3.8, 4) is 0 Å². The van der Waals surface area contributed by atoms with Gasteiger partial charge in [0, 0.05) is 6.42 Å². The van der Waals surface area contributed by atoms with E-state index in [1.54, 1.807) is 20.8 Å². The number of carbonyl (C=O) groups excluding carboxylic acids is 2. The number of Topliss-reactive ketones (excluding diaryl/α,β-unsaturated/α-hetero) is 1. The first-order valence-corrected chi connectivity index (χ1v) is 7.66.